The largest absolute Gasteiger partial charge is 0.493 e. The van der Waals surface area contributed by atoms with Crippen LogP contribution in [0.25, 0.3) is 11.6 Å². The summed E-state index contributed by atoms with van der Waals surface area (Å²) in [5.41, 5.74) is 7.61. The van der Waals surface area contributed by atoms with Gasteiger partial charge in [0.05, 0.1) is 24.3 Å². The van der Waals surface area contributed by atoms with Gasteiger partial charge in [0.25, 0.3) is 0 Å². The highest BCUT2D eigenvalue weighted by molar-refractivity contribution is 9.10. The van der Waals surface area contributed by atoms with Crippen molar-refractivity contribution in [1.29, 1.82) is 0 Å². The molecule has 0 atom stereocenters. The predicted octanol–water partition coefficient (Wildman–Crippen LogP) is 3.67. The highest BCUT2D eigenvalue weighted by atomic mass is 79.9. The van der Waals surface area contributed by atoms with E-state index in [-0.39, 0.29) is 5.57 Å². The fourth-order valence-corrected chi connectivity index (χ4v) is 2.74. The summed E-state index contributed by atoms with van der Waals surface area (Å²) in [6.45, 7) is 0. The molecule has 5 nitrogen and oxygen atoms in total. The number of nitrogens with two attached hydrogens (primary N) is 1. The summed E-state index contributed by atoms with van der Waals surface area (Å²) in [4.78, 5) is 11.7. The number of nitrogen functional groups attached to an aromatic ring is 1. The van der Waals surface area contributed by atoms with Crippen LogP contribution in [0.15, 0.2) is 40.9 Å². The fraction of sp³-hybridized carbons (Fsp3) is 0.118. The minimum atomic E-state index is -1.06. The van der Waals surface area contributed by atoms with Crippen molar-refractivity contribution >= 4 is 39.2 Å². The first kappa shape index (κ1) is 16.9. The Morgan fingerprint density at radius 2 is 1.91 bits per heavy atom. The molecule has 0 saturated carbocycles. The van der Waals surface area contributed by atoms with E-state index in [4.69, 9.17) is 15.2 Å². The molecule has 0 fully saturated rings. The zero-order chi connectivity index (χ0) is 17.0. The molecule has 0 amide bonds. The Morgan fingerprint density at radius 3 is 2.48 bits per heavy atom. The van der Waals surface area contributed by atoms with Gasteiger partial charge in [-0.2, -0.15) is 0 Å². The number of carboxylic acids is 1. The number of rotatable bonds is 5. The number of anilines is 1. The van der Waals surface area contributed by atoms with E-state index >= 15 is 0 Å². The topological polar surface area (TPSA) is 81.8 Å². The molecule has 23 heavy (non-hydrogen) atoms. The lowest BCUT2D eigenvalue weighted by atomic mass is 10.0. The molecule has 120 valence electrons. The van der Waals surface area contributed by atoms with Gasteiger partial charge in [-0.05, 0) is 51.3 Å². The Bertz CT molecular complexity index is 771. The van der Waals surface area contributed by atoms with Crippen molar-refractivity contribution in [1.82, 2.24) is 0 Å². The third-order valence-electron chi connectivity index (χ3n) is 3.27. The van der Waals surface area contributed by atoms with Gasteiger partial charge >= 0.3 is 5.97 Å². The van der Waals surface area contributed by atoms with E-state index in [0.717, 1.165) is 0 Å². The quantitative estimate of drug-likeness (QED) is 0.471. The van der Waals surface area contributed by atoms with Crippen molar-refractivity contribution in [2.45, 2.75) is 0 Å². The maximum atomic E-state index is 11.7. The molecule has 2 rings (SSSR count). The van der Waals surface area contributed by atoms with E-state index in [2.05, 4.69) is 15.9 Å². The Hall–Kier alpha value is -2.47. The van der Waals surface area contributed by atoms with Crippen LogP contribution in [0.5, 0.6) is 11.5 Å². The molecule has 0 aliphatic rings. The molecule has 2 aromatic carbocycles. The minimum absolute atomic E-state index is 0.101. The van der Waals surface area contributed by atoms with E-state index in [1.165, 1.54) is 20.3 Å². The van der Waals surface area contributed by atoms with E-state index in [1.54, 1.807) is 36.4 Å². The number of methoxy groups -OCH3 is 2. The van der Waals surface area contributed by atoms with Crippen LogP contribution in [0.3, 0.4) is 0 Å². The average Bonchev–Trinajstić information content (AvgIpc) is 2.52. The van der Waals surface area contributed by atoms with Gasteiger partial charge in [0.1, 0.15) is 0 Å². The SMILES string of the molecule is COc1cc(C(=Cc2ccccc2N)C(=O)O)cc(Br)c1OC. The minimum Gasteiger partial charge on any atom is -0.493 e. The Labute approximate surface area is 142 Å². The van der Waals surface area contributed by atoms with Gasteiger partial charge in [-0.25, -0.2) is 4.79 Å². The number of ether oxygens (including phenoxy) is 2. The zero-order valence-corrected chi connectivity index (χ0v) is 14.3. The molecule has 0 spiro atoms. The van der Waals surface area contributed by atoms with Crippen molar-refractivity contribution < 1.29 is 19.4 Å². The number of carbonyl (C=O) groups is 1. The molecular formula is C17H16BrNO4. The van der Waals surface area contributed by atoms with Crippen LogP contribution >= 0.6 is 15.9 Å². The molecule has 0 bridgehead atoms. The van der Waals surface area contributed by atoms with Crippen LogP contribution in [-0.4, -0.2) is 25.3 Å². The van der Waals surface area contributed by atoms with E-state index in [0.29, 0.717) is 32.8 Å². The van der Waals surface area contributed by atoms with Crippen molar-refractivity contribution in [3.8, 4) is 11.5 Å². The van der Waals surface area contributed by atoms with Crippen LogP contribution in [0.1, 0.15) is 11.1 Å². The van der Waals surface area contributed by atoms with Gasteiger partial charge in [0.2, 0.25) is 0 Å². The maximum absolute atomic E-state index is 11.7. The van der Waals surface area contributed by atoms with Gasteiger partial charge < -0.3 is 20.3 Å². The number of hydrogen-bond acceptors (Lipinski definition) is 4. The number of benzene rings is 2. The molecule has 2 aromatic rings. The number of para-hydroxylation sites is 1. The summed E-state index contributed by atoms with van der Waals surface area (Å²) in [5.74, 6) is -0.127. The number of halogens is 1. The van der Waals surface area contributed by atoms with Crippen LogP contribution in [-0.2, 0) is 4.79 Å². The van der Waals surface area contributed by atoms with E-state index in [9.17, 15) is 9.90 Å². The monoisotopic (exact) mass is 377 g/mol. The Kier molecular flexibility index (Phi) is 5.28. The van der Waals surface area contributed by atoms with Gasteiger partial charge in [-0.3, -0.25) is 0 Å². The fourth-order valence-electron chi connectivity index (χ4n) is 2.14. The van der Waals surface area contributed by atoms with Gasteiger partial charge in [0, 0.05) is 5.69 Å². The molecule has 0 aromatic heterocycles. The Balaban J connectivity index is 2.62. The molecule has 0 unspecified atom stereocenters. The second kappa shape index (κ2) is 7.19. The third kappa shape index (κ3) is 3.65. The Morgan fingerprint density at radius 1 is 1.22 bits per heavy atom. The van der Waals surface area contributed by atoms with Gasteiger partial charge in [0.15, 0.2) is 11.5 Å². The van der Waals surface area contributed by atoms with Crippen LogP contribution in [0.4, 0.5) is 5.69 Å². The van der Waals surface area contributed by atoms with Gasteiger partial charge in [-0.15, -0.1) is 0 Å². The standard InChI is InChI=1S/C17H16BrNO4/c1-22-15-9-11(8-13(18)16(15)23-2)12(17(20)21)7-10-5-3-4-6-14(10)19/h3-9H,19H2,1-2H3,(H,20,21). The average molecular weight is 378 g/mol. The molecule has 0 aliphatic heterocycles. The maximum Gasteiger partial charge on any atom is 0.336 e. The lowest BCUT2D eigenvalue weighted by Gasteiger charge is -2.12. The second-order valence-electron chi connectivity index (χ2n) is 4.69. The lowest BCUT2D eigenvalue weighted by Crippen LogP contribution is -2.02. The first-order chi connectivity index (χ1) is 11.0. The van der Waals surface area contributed by atoms with Crippen LogP contribution in [0.2, 0.25) is 0 Å². The van der Waals surface area contributed by atoms with Crippen molar-refractivity contribution in [3.05, 3.63) is 52.0 Å². The van der Waals surface area contributed by atoms with Crippen LogP contribution < -0.4 is 15.2 Å². The first-order valence-electron chi connectivity index (χ1n) is 6.69. The summed E-state index contributed by atoms with van der Waals surface area (Å²) in [6.07, 6.45) is 1.53. The van der Waals surface area contributed by atoms with Crippen molar-refractivity contribution in [3.63, 3.8) is 0 Å². The smallest absolute Gasteiger partial charge is 0.336 e. The van der Waals surface area contributed by atoms with E-state index < -0.39 is 5.97 Å². The van der Waals surface area contributed by atoms with E-state index in [1.807, 2.05) is 0 Å². The number of aliphatic carboxylic acids is 1. The molecular weight excluding hydrogens is 362 g/mol. The second-order valence-corrected chi connectivity index (χ2v) is 5.54. The highest BCUT2D eigenvalue weighted by Crippen LogP contribution is 2.38. The summed E-state index contributed by atoms with van der Waals surface area (Å²) in [5, 5.41) is 9.56. The lowest BCUT2D eigenvalue weighted by molar-refractivity contribution is -0.130. The molecule has 0 heterocycles. The summed E-state index contributed by atoms with van der Waals surface area (Å²) in [6, 6.07) is 10.3. The summed E-state index contributed by atoms with van der Waals surface area (Å²) < 4.78 is 11.1. The summed E-state index contributed by atoms with van der Waals surface area (Å²) >= 11 is 3.37. The van der Waals surface area contributed by atoms with Crippen molar-refractivity contribution in [2.75, 3.05) is 20.0 Å². The predicted molar refractivity (Wildman–Crippen MR) is 93.6 cm³/mol. The molecule has 3 N–H and O–H groups in total. The zero-order valence-electron chi connectivity index (χ0n) is 12.7. The normalized spacial score (nSPS) is 11.2. The summed E-state index contributed by atoms with van der Waals surface area (Å²) in [7, 11) is 3.01. The molecule has 0 radical (unpaired) electrons. The number of carboxylic acid groups (broad SMARTS) is 1. The van der Waals surface area contributed by atoms with Gasteiger partial charge in [-0.1, -0.05) is 18.2 Å². The highest BCUT2D eigenvalue weighted by Gasteiger charge is 2.17. The van der Waals surface area contributed by atoms with Crippen LogP contribution in [0, 0.1) is 0 Å². The van der Waals surface area contributed by atoms with Crippen molar-refractivity contribution in [2.24, 2.45) is 0 Å². The molecule has 0 aliphatic carbocycles. The number of hydrogen-bond donors (Lipinski definition) is 2. The molecule has 0 saturated heterocycles. The molecule has 6 heteroatoms. The first-order valence-corrected chi connectivity index (χ1v) is 7.48. The third-order valence-corrected chi connectivity index (χ3v) is 3.86.